The number of hydrogen-bond acceptors (Lipinski definition) is 2. The Kier molecular flexibility index (Phi) is 18.9. The third-order valence-corrected chi connectivity index (χ3v) is 2.89. The van der Waals surface area contributed by atoms with Crippen molar-refractivity contribution in [3.63, 3.8) is 0 Å². The Morgan fingerprint density at radius 1 is 1.23 bits per heavy atom. The lowest BCUT2D eigenvalue weighted by molar-refractivity contribution is 0.776. The molecule has 0 bridgehead atoms. The second kappa shape index (κ2) is 15.2. The Morgan fingerprint density at radius 3 is 2.00 bits per heavy atom. The molecule has 0 aromatic rings. The van der Waals surface area contributed by atoms with Gasteiger partial charge in [-0.15, -0.1) is 23.4 Å². The molecule has 0 spiro atoms. The molecule has 0 N–H and O–H groups in total. The molecular formula is C10H21ClS2. The lowest BCUT2D eigenvalue weighted by Crippen LogP contribution is -1.78. The van der Waals surface area contributed by atoms with Gasteiger partial charge in [-0.3, -0.25) is 0 Å². The van der Waals surface area contributed by atoms with E-state index in [0.717, 1.165) is 10.1 Å². The van der Waals surface area contributed by atoms with Crippen LogP contribution in [0.3, 0.4) is 0 Å². The molecule has 0 aromatic heterocycles. The van der Waals surface area contributed by atoms with Crippen molar-refractivity contribution in [2.24, 2.45) is 0 Å². The van der Waals surface area contributed by atoms with Crippen LogP contribution in [0.1, 0.15) is 46.5 Å². The SMILES string of the molecule is CCCCCCl.CCCSC(C)=S. The summed E-state index contributed by atoms with van der Waals surface area (Å²) in [4.78, 5) is 0. The van der Waals surface area contributed by atoms with Gasteiger partial charge < -0.3 is 0 Å². The van der Waals surface area contributed by atoms with Gasteiger partial charge in [-0.1, -0.05) is 38.9 Å². The van der Waals surface area contributed by atoms with Crippen molar-refractivity contribution < 1.29 is 0 Å². The van der Waals surface area contributed by atoms with Crippen LogP contribution in [-0.2, 0) is 0 Å². The minimum Gasteiger partial charge on any atom is -0.127 e. The van der Waals surface area contributed by atoms with Gasteiger partial charge in [0.25, 0.3) is 0 Å². The monoisotopic (exact) mass is 240 g/mol. The van der Waals surface area contributed by atoms with E-state index in [1.165, 1.54) is 31.4 Å². The minimum absolute atomic E-state index is 0.827. The van der Waals surface area contributed by atoms with Crippen molar-refractivity contribution in [2.45, 2.75) is 46.5 Å². The molecule has 0 aliphatic rings. The summed E-state index contributed by atoms with van der Waals surface area (Å²) in [7, 11) is 0. The van der Waals surface area contributed by atoms with Gasteiger partial charge in [0.05, 0.1) is 0 Å². The van der Waals surface area contributed by atoms with E-state index in [2.05, 4.69) is 13.8 Å². The van der Waals surface area contributed by atoms with Gasteiger partial charge >= 0.3 is 0 Å². The molecule has 0 aromatic carbocycles. The Hall–Kier alpha value is 0.730. The van der Waals surface area contributed by atoms with Crippen molar-refractivity contribution in [3.05, 3.63) is 0 Å². The highest BCUT2D eigenvalue weighted by Crippen LogP contribution is 2.03. The molecule has 0 unspecified atom stereocenters. The highest BCUT2D eigenvalue weighted by atomic mass is 35.5. The van der Waals surface area contributed by atoms with Crippen LogP contribution in [0.15, 0.2) is 0 Å². The molecule has 0 rings (SSSR count). The van der Waals surface area contributed by atoms with Crippen LogP contribution in [-0.4, -0.2) is 15.8 Å². The smallest absolute Gasteiger partial charge is 0.0447 e. The molecule has 0 nitrogen and oxygen atoms in total. The predicted octanol–water partition coefficient (Wildman–Crippen LogP) is 4.89. The topological polar surface area (TPSA) is 0 Å². The number of hydrogen-bond donors (Lipinski definition) is 0. The van der Waals surface area contributed by atoms with Crippen LogP contribution in [0.4, 0.5) is 0 Å². The normalized spacial score (nSPS) is 8.92. The fourth-order valence-electron chi connectivity index (χ4n) is 0.590. The molecule has 0 radical (unpaired) electrons. The van der Waals surface area contributed by atoms with Gasteiger partial charge in [0, 0.05) is 10.1 Å². The fraction of sp³-hybridized carbons (Fsp3) is 0.900. The van der Waals surface area contributed by atoms with E-state index >= 15 is 0 Å². The molecule has 0 heterocycles. The summed E-state index contributed by atoms with van der Waals surface area (Å²) in [6.07, 6.45) is 4.95. The first kappa shape index (κ1) is 16.2. The molecular weight excluding hydrogens is 220 g/mol. The van der Waals surface area contributed by atoms with E-state index in [0.29, 0.717) is 0 Å². The number of thiocarbonyl (C=S) groups is 1. The Balaban J connectivity index is 0. The van der Waals surface area contributed by atoms with E-state index in [-0.39, 0.29) is 0 Å². The van der Waals surface area contributed by atoms with Crippen molar-refractivity contribution in [3.8, 4) is 0 Å². The quantitative estimate of drug-likeness (QED) is 0.381. The van der Waals surface area contributed by atoms with E-state index in [4.69, 9.17) is 23.8 Å². The zero-order chi connectivity index (χ0) is 10.5. The second-order valence-electron chi connectivity index (χ2n) is 2.74. The third-order valence-electron chi connectivity index (χ3n) is 1.25. The highest BCUT2D eigenvalue weighted by molar-refractivity contribution is 8.23. The lowest BCUT2D eigenvalue weighted by atomic mass is 10.3. The zero-order valence-corrected chi connectivity index (χ0v) is 11.3. The Morgan fingerprint density at radius 2 is 1.85 bits per heavy atom. The summed E-state index contributed by atoms with van der Waals surface area (Å²) < 4.78 is 1.06. The zero-order valence-electron chi connectivity index (χ0n) is 8.94. The fourth-order valence-corrected chi connectivity index (χ4v) is 1.52. The van der Waals surface area contributed by atoms with Crippen molar-refractivity contribution >= 4 is 39.8 Å². The third kappa shape index (κ3) is 24.5. The first-order valence-electron chi connectivity index (χ1n) is 4.88. The summed E-state index contributed by atoms with van der Waals surface area (Å²) in [5, 5.41) is 0. The second-order valence-corrected chi connectivity index (χ2v) is 5.29. The van der Waals surface area contributed by atoms with Gasteiger partial charge in [0.2, 0.25) is 0 Å². The van der Waals surface area contributed by atoms with Crippen molar-refractivity contribution in [1.82, 2.24) is 0 Å². The molecule has 0 aliphatic heterocycles. The van der Waals surface area contributed by atoms with Crippen LogP contribution >= 0.6 is 35.6 Å². The summed E-state index contributed by atoms with van der Waals surface area (Å²) in [6, 6.07) is 0. The predicted molar refractivity (Wildman–Crippen MR) is 71.3 cm³/mol. The van der Waals surface area contributed by atoms with Crippen LogP contribution in [0.2, 0.25) is 0 Å². The van der Waals surface area contributed by atoms with Crippen molar-refractivity contribution in [2.75, 3.05) is 11.6 Å². The largest absolute Gasteiger partial charge is 0.127 e. The number of rotatable bonds is 5. The molecule has 80 valence electrons. The van der Waals surface area contributed by atoms with Crippen LogP contribution in [0, 0.1) is 0 Å². The first-order chi connectivity index (χ1) is 6.18. The Bertz CT molecular complexity index is 101. The maximum absolute atomic E-state index is 5.38. The van der Waals surface area contributed by atoms with E-state index in [1.54, 1.807) is 11.8 Å². The average molecular weight is 241 g/mol. The molecule has 0 fully saturated rings. The van der Waals surface area contributed by atoms with Gasteiger partial charge in [-0.25, -0.2) is 0 Å². The first-order valence-corrected chi connectivity index (χ1v) is 6.81. The van der Waals surface area contributed by atoms with Gasteiger partial charge in [-0.2, -0.15) is 0 Å². The summed E-state index contributed by atoms with van der Waals surface area (Å²) >= 11 is 12.0. The van der Waals surface area contributed by atoms with Crippen molar-refractivity contribution in [1.29, 1.82) is 0 Å². The number of thioether (sulfide) groups is 1. The van der Waals surface area contributed by atoms with Gasteiger partial charge in [0.15, 0.2) is 0 Å². The molecule has 0 amide bonds. The standard InChI is InChI=1S/C5H11Cl.C5H10S2/c1-2-3-4-5-6;1-3-4-7-5(2)6/h2-5H2,1H3;3-4H2,1-2H3. The van der Waals surface area contributed by atoms with Crippen LogP contribution in [0.5, 0.6) is 0 Å². The van der Waals surface area contributed by atoms with E-state index in [9.17, 15) is 0 Å². The lowest BCUT2D eigenvalue weighted by Gasteiger charge is -1.89. The molecule has 0 saturated carbocycles. The maximum atomic E-state index is 5.38. The maximum Gasteiger partial charge on any atom is 0.0447 e. The molecule has 3 heteroatoms. The summed E-state index contributed by atoms with van der Waals surface area (Å²) in [5.41, 5.74) is 0. The van der Waals surface area contributed by atoms with E-state index in [1.807, 2.05) is 6.92 Å². The molecule has 0 atom stereocenters. The highest BCUT2D eigenvalue weighted by Gasteiger charge is 1.83. The number of unbranched alkanes of at least 4 members (excludes halogenated alkanes) is 2. The molecule has 0 aliphatic carbocycles. The Labute approximate surface area is 97.8 Å². The minimum atomic E-state index is 0.827. The number of alkyl halides is 1. The van der Waals surface area contributed by atoms with Crippen LogP contribution < -0.4 is 0 Å². The van der Waals surface area contributed by atoms with E-state index < -0.39 is 0 Å². The number of halogens is 1. The average Bonchev–Trinajstić information content (AvgIpc) is 2.12. The summed E-state index contributed by atoms with van der Waals surface area (Å²) in [6.45, 7) is 6.30. The summed E-state index contributed by atoms with van der Waals surface area (Å²) in [5.74, 6) is 2.00. The molecule has 13 heavy (non-hydrogen) atoms. The van der Waals surface area contributed by atoms with Crippen LogP contribution in [0.25, 0.3) is 0 Å². The van der Waals surface area contributed by atoms with Gasteiger partial charge in [0.1, 0.15) is 0 Å². The molecule has 0 saturated heterocycles. The van der Waals surface area contributed by atoms with Gasteiger partial charge in [-0.05, 0) is 25.5 Å².